The van der Waals surface area contributed by atoms with Crippen molar-refractivity contribution in [3.05, 3.63) is 0 Å². The predicted molar refractivity (Wildman–Crippen MR) is 91.7 cm³/mol. The van der Waals surface area contributed by atoms with Crippen LogP contribution in [0.1, 0.15) is 72.6 Å². The largest absolute Gasteiger partial charge is 0.394 e. The van der Waals surface area contributed by atoms with Gasteiger partial charge < -0.3 is 15.3 Å². The molecule has 0 radical (unpaired) electrons. The van der Waals surface area contributed by atoms with Gasteiger partial charge in [0.05, 0.1) is 6.61 Å². The molecule has 1 rings (SSSR count). The number of aliphatic hydroxyl groups excluding tert-OH is 1. The molecule has 0 saturated carbocycles. The highest BCUT2D eigenvalue weighted by Gasteiger charge is 2.23. The minimum absolute atomic E-state index is 0.109. The highest BCUT2D eigenvalue weighted by molar-refractivity contribution is 4.84. The molecule has 0 aliphatic carbocycles. The van der Waals surface area contributed by atoms with Gasteiger partial charge in [0.15, 0.2) is 0 Å². The van der Waals surface area contributed by atoms with E-state index in [2.05, 4.69) is 37.9 Å². The average molecular weight is 299 g/mol. The van der Waals surface area contributed by atoms with Crippen molar-refractivity contribution in [2.24, 2.45) is 5.92 Å². The lowest BCUT2D eigenvalue weighted by Gasteiger charge is -2.33. The smallest absolute Gasteiger partial charge is 0.0610 e. The quantitative estimate of drug-likeness (QED) is 0.607. The Morgan fingerprint density at radius 1 is 1.24 bits per heavy atom. The van der Waals surface area contributed by atoms with E-state index in [1.54, 1.807) is 0 Å². The van der Waals surface area contributed by atoms with E-state index in [1.807, 2.05) is 0 Å². The number of rotatable bonds is 10. The first-order chi connectivity index (χ1) is 9.99. The zero-order valence-corrected chi connectivity index (χ0v) is 14.8. The van der Waals surface area contributed by atoms with Gasteiger partial charge in [-0.1, -0.05) is 40.0 Å². The lowest BCUT2D eigenvalue weighted by atomic mass is 9.92. The molecule has 0 amide bonds. The van der Waals surface area contributed by atoms with Gasteiger partial charge in [0, 0.05) is 11.6 Å². The fourth-order valence-corrected chi connectivity index (χ4v) is 3.65. The monoisotopic (exact) mass is 298 g/mol. The second kappa shape index (κ2) is 9.81. The van der Waals surface area contributed by atoms with Crippen LogP contribution in [0.25, 0.3) is 0 Å². The van der Waals surface area contributed by atoms with Gasteiger partial charge in [-0.15, -0.1) is 0 Å². The Morgan fingerprint density at radius 3 is 2.43 bits per heavy atom. The Kier molecular flexibility index (Phi) is 8.84. The molecule has 1 aliphatic heterocycles. The topological polar surface area (TPSA) is 35.5 Å². The summed E-state index contributed by atoms with van der Waals surface area (Å²) in [6.07, 6.45) is 9.08. The van der Waals surface area contributed by atoms with E-state index in [9.17, 15) is 5.11 Å². The van der Waals surface area contributed by atoms with E-state index in [1.165, 1.54) is 58.2 Å². The molecule has 0 aromatic carbocycles. The number of hydrogen-bond donors (Lipinski definition) is 2. The number of aliphatic hydroxyl groups is 1. The maximum atomic E-state index is 9.59. The normalized spacial score (nSPS) is 20.9. The maximum Gasteiger partial charge on any atom is 0.0610 e. The highest BCUT2D eigenvalue weighted by Crippen LogP contribution is 2.22. The molecular weight excluding hydrogens is 260 g/mol. The predicted octanol–water partition coefficient (Wildman–Crippen LogP) is 3.42. The van der Waals surface area contributed by atoms with Crippen molar-refractivity contribution < 1.29 is 5.11 Å². The van der Waals surface area contributed by atoms with Crippen molar-refractivity contribution in [3.8, 4) is 0 Å². The summed E-state index contributed by atoms with van der Waals surface area (Å²) in [5.74, 6) is 0.985. The van der Waals surface area contributed by atoms with Crippen LogP contribution in [0.5, 0.6) is 0 Å². The molecule has 0 aromatic rings. The molecule has 1 heterocycles. The minimum Gasteiger partial charge on any atom is -0.394 e. The third kappa shape index (κ3) is 7.62. The summed E-state index contributed by atoms with van der Waals surface area (Å²) in [6, 6.07) is 0.430. The summed E-state index contributed by atoms with van der Waals surface area (Å²) in [4.78, 5) is 2.64. The standard InChI is InChI=1S/C18H38N2O/c1-5-8-17-9-13-20(14-10-17)12-7-6-11-18(4,15-21)19-16(2)3/h16-17,19,21H,5-15H2,1-4H3. The number of nitrogens with zero attached hydrogens (tertiary/aromatic N) is 1. The molecule has 1 saturated heterocycles. The molecular formula is C18H38N2O. The molecule has 0 bridgehead atoms. The van der Waals surface area contributed by atoms with Crippen molar-refractivity contribution >= 4 is 0 Å². The summed E-state index contributed by atoms with van der Waals surface area (Å²) in [7, 11) is 0. The van der Waals surface area contributed by atoms with Crippen molar-refractivity contribution in [1.82, 2.24) is 10.2 Å². The van der Waals surface area contributed by atoms with Crippen LogP contribution in [-0.2, 0) is 0 Å². The first-order valence-electron chi connectivity index (χ1n) is 9.10. The molecule has 3 heteroatoms. The molecule has 1 aliphatic rings. The van der Waals surface area contributed by atoms with E-state index < -0.39 is 0 Å². The number of unbranched alkanes of at least 4 members (excludes halogenated alkanes) is 1. The Bertz CT molecular complexity index is 262. The molecule has 1 unspecified atom stereocenters. The van der Waals surface area contributed by atoms with Crippen LogP contribution in [0.3, 0.4) is 0 Å². The first kappa shape index (κ1) is 18.9. The third-order valence-corrected chi connectivity index (χ3v) is 4.84. The summed E-state index contributed by atoms with van der Waals surface area (Å²) < 4.78 is 0. The zero-order valence-electron chi connectivity index (χ0n) is 14.8. The number of likely N-dealkylation sites (tertiary alicyclic amines) is 1. The Morgan fingerprint density at radius 2 is 1.90 bits per heavy atom. The fourth-order valence-electron chi connectivity index (χ4n) is 3.65. The van der Waals surface area contributed by atoms with E-state index >= 15 is 0 Å². The molecule has 0 aromatic heterocycles. The summed E-state index contributed by atoms with van der Waals surface area (Å²) in [5.41, 5.74) is -0.109. The lowest BCUT2D eigenvalue weighted by Crippen LogP contribution is -2.49. The second-order valence-corrected chi connectivity index (χ2v) is 7.55. The Hall–Kier alpha value is -0.120. The van der Waals surface area contributed by atoms with E-state index in [4.69, 9.17) is 0 Å². The van der Waals surface area contributed by atoms with E-state index in [-0.39, 0.29) is 12.1 Å². The molecule has 3 nitrogen and oxygen atoms in total. The molecule has 126 valence electrons. The molecule has 2 N–H and O–H groups in total. The van der Waals surface area contributed by atoms with Gasteiger partial charge in [-0.05, 0) is 58.2 Å². The number of nitrogens with one attached hydrogen (secondary N) is 1. The SMILES string of the molecule is CCCC1CCN(CCCCC(C)(CO)NC(C)C)CC1. The average Bonchev–Trinajstić information content (AvgIpc) is 2.45. The van der Waals surface area contributed by atoms with Gasteiger partial charge in [0.2, 0.25) is 0 Å². The van der Waals surface area contributed by atoms with Crippen LogP contribution in [0.2, 0.25) is 0 Å². The van der Waals surface area contributed by atoms with Crippen molar-refractivity contribution in [3.63, 3.8) is 0 Å². The van der Waals surface area contributed by atoms with E-state index in [0.29, 0.717) is 6.04 Å². The third-order valence-electron chi connectivity index (χ3n) is 4.84. The summed E-state index contributed by atoms with van der Waals surface area (Å²) >= 11 is 0. The van der Waals surface area contributed by atoms with Crippen LogP contribution in [-0.4, -0.2) is 47.8 Å². The van der Waals surface area contributed by atoms with Gasteiger partial charge in [-0.3, -0.25) is 0 Å². The van der Waals surface area contributed by atoms with Crippen LogP contribution < -0.4 is 5.32 Å². The second-order valence-electron chi connectivity index (χ2n) is 7.55. The Balaban J connectivity index is 2.14. The summed E-state index contributed by atoms with van der Waals surface area (Å²) in [6.45, 7) is 12.8. The lowest BCUT2D eigenvalue weighted by molar-refractivity contribution is 0.147. The molecule has 1 fully saturated rings. The van der Waals surface area contributed by atoms with E-state index in [0.717, 1.165) is 12.3 Å². The van der Waals surface area contributed by atoms with Crippen LogP contribution in [0, 0.1) is 5.92 Å². The van der Waals surface area contributed by atoms with Crippen LogP contribution >= 0.6 is 0 Å². The first-order valence-corrected chi connectivity index (χ1v) is 9.10. The van der Waals surface area contributed by atoms with Crippen LogP contribution in [0.4, 0.5) is 0 Å². The minimum atomic E-state index is -0.109. The molecule has 0 spiro atoms. The van der Waals surface area contributed by atoms with Crippen molar-refractivity contribution in [2.45, 2.75) is 84.2 Å². The van der Waals surface area contributed by atoms with Crippen molar-refractivity contribution in [2.75, 3.05) is 26.2 Å². The fraction of sp³-hybridized carbons (Fsp3) is 1.00. The highest BCUT2D eigenvalue weighted by atomic mass is 16.3. The summed E-state index contributed by atoms with van der Waals surface area (Å²) in [5, 5.41) is 13.1. The number of piperidine rings is 1. The molecule has 21 heavy (non-hydrogen) atoms. The van der Waals surface area contributed by atoms with Gasteiger partial charge in [-0.25, -0.2) is 0 Å². The maximum absolute atomic E-state index is 9.59. The van der Waals surface area contributed by atoms with Gasteiger partial charge in [0.25, 0.3) is 0 Å². The van der Waals surface area contributed by atoms with Gasteiger partial charge >= 0.3 is 0 Å². The Labute approximate surface area is 132 Å². The molecule has 1 atom stereocenters. The number of hydrogen-bond acceptors (Lipinski definition) is 3. The zero-order chi connectivity index (χ0) is 15.7. The van der Waals surface area contributed by atoms with Crippen LogP contribution in [0.15, 0.2) is 0 Å². The van der Waals surface area contributed by atoms with Crippen molar-refractivity contribution in [1.29, 1.82) is 0 Å². The van der Waals surface area contributed by atoms with Gasteiger partial charge in [-0.2, -0.15) is 0 Å². The van der Waals surface area contributed by atoms with Gasteiger partial charge in [0.1, 0.15) is 0 Å².